The summed E-state index contributed by atoms with van der Waals surface area (Å²) in [6.45, 7) is 0.787. The largest absolute Gasteiger partial charge is 0.392 e. The molecule has 1 fully saturated rings. The fourth-order valence-corrected chi connectivity index (χ4v) is 5.38. The van der Waals surface area contributed by atoms with E-state index in [0.717, 1.165) is 12.8 Å². The number of sulfonamides is 2. The van der Waals surface area contributed by atoms with E-state index >= 15 is 0 Å². The number of hydrogen-bond acceptors (Lipinski definition) is 5. The minimum Gasteiger partial charge on any atom is -0.392 e. The van der Waals surface area contributed by atoms with Crippen LogP contribution in [0.15, 0.2) is 58.3 Å². The molecule has 1 saturated heterocycles. The van der Waals surface area contributed by atoms with Crippen LogP contribution in [0.3, 0.4) is 0 Å². The summed E-state index contributed by atoms with van der Waals surface area (Å²) in [5, 5.41) is 9.14. The molecule has 0 aromatic heterocycles. The van der Waals surface area contributed by atoms with E-state index in [1.165, 1.54) is 34.6 Å². The van der Waals surface area contributed by atoms with Crippen molar-refractivity contribution < 1.29 is 21.9 Å². The van der Waals surface area contributed by atoms with Crippen molar-refractivity contribution >= 4 is 25.7 Å². The Bertz CT molecular complexity index is 980. The molecule has 0 saturated carbocycles. The maximum absolute atomic E-state index is 12.5. The van der Waals surface area contributed by atoms with E-state index in [1.807, 2.05) is 0 Å². The quantitative estimate of drug-likeness (QED) is 0.774. The van der Waals surface area contributed by atoms with Crippen LogP contribution in [0.4, 0.5) is 5.69 Å². The van der Waals surface area contributed by atoms with Gasteiger partial charge in [0.25, 0.3) is 10.0 Å². The average molecular weight is 396 g/mol. The summed E-state index contributed by atoms with van der Waals surface area (Å²) >= 11 is 0. The number of hydrogen-bond donors (Lipinski definition) is 2. The average Bonchev–Trinajstić information content (AvgIpc) is 3.17. The monoisotopic (exact) mass is 396 g/mol. The van der Waals surface area contributed by atoms with Gasteiger partial charge in [-0.25, -0.2) is 16.8 Å². The van der Waals surface area contributed by atoms with Gasteiger partial charge in [0.1, 0.15) is 0 Å². The Kier molecular flexibility index (Phi) is 5.33. The summed E-state index contributed by atoms with van der Waals surface area (Å²) in [5.74, 6) is 0. The second-order valence-electron chi connectivity index (χ2n) is 6.05. The zero-order valence-corrected chi connectivity index (χ0v) is 15.6. The molecule has 0 unspecified atom stereocenters. The molecule has 0 aliphatic carbocycles. The highest BCUT2D eigenvalue weighted by Crippen LogP contribution is 2.23. The second-order valence-corrected chi connectivity index (χ2v) is 9.67. The smallest absolute Gasteiger partial charge is 0.261 e. The minimum atomic E-state index is -3.86. The van der Waals surface area contributed by atoms with Crippen LogP contribution in [-0.2, 0) is 26.7 Å². The van der Waals surface area contributed by atoms with Gasteiger partial charge in [-0.1, -0.05) is 12.1 Å². The molecular weight excluding hydrogens is 376 g/mol. The van der Waals surface area contributed by atoms with Crippen LogP contribution in [0.1, 0.15) is 18.4 Å². The van der Waals surface area contributed by atoms with Gasteiger partial charge in [-0.3, -0.25) is 4.72 Å². The summed E-state index contributed by atoms with van der Waals surface area (Å²) in [6, 6.07) is 11.6. The fraction of sp³-hybridized carbons (Fsp3) is 0.294. The third-order valence-corrected chi connectivity index (χ3v) is 7.51. The van der Waals surface area contributed by atoms with Crippen LogP contribution >= 0.6 is 0 Å². The number of aliphatic hydroxyl groups excluding tert-OH is 1. The molecule has 0 radical (unpaired) electrons. The molecule has 2 aromatic rings. The molecular formula is C17H20N2O5S2. The lowest BCUT2D eigenvalue weighted by molar-refractivity contribution is 0.282. The number of benzene rings is 2. The first-order chi connectivity index (χ1) is 12.3. The van der Waals surface area contributed by atoms with E-state index in [4.69, 9.17) is 5.11 Å². The molecule has 0 atom stereocenters. The molecule has 2 aromatic carbocycles. The van der Waals surface area contributed by atoms with Crippen molar-refractivity contribution in [3.05, 3.63) is 54.1 Å². The molecule has 9 heteroatoms. The van der Waals surface area contributed by atoms with E-state index in [2.05, 4.69) is 4.72 Å². The first-order valence-electron chi connectivity index (χ1n) is 8.16. The van der Waals surface area contributed by atoms with Crippen molar-refractivity contribution in [2.45, 2.75) is 29.2 Å². The molecule has 1 aliphatic heterocycles. The molecule has 0 bridgehead atoms. The van der Waals surface area contributed by atoms with E-state index in [0.29, 0.717) is 24.3 Å². The standard InChI is InChI=1S/C17H20N2O5S2/c20-13-14-4-3-5-15(12-14)18-25(21,22)16-6-8-17(9-7-16)26(23,24)19-10-1-2-11-19/h3-9,12,18,20H,1-2,10-11,13H2. The normalized spacial score (nSPS) is 15.9. The maximum atomic E-state index is 12.5. The number of nitrogens with zero attached hydrogens (tertiary/aromatic N) is 1. The molecule has 140 valence electrons. The van der Waals surface area contributed by atoms with E-state index in [-0.39, 0.29) is 16.4 Å². The SMILES string of the molecule is O=S(=O)(Nc1cccc(CO)c1)c1ccc(S(=O)(=O)N2CCCC2)cc1. The molecule has 7 nitrogen and oxygen atoms in total. The number of anilines is 1. The first kappa shape index (κ1) is 18.8. The van der Waals surface area contributed by atoms with Crippen molar-refractivity contribution in [1.29, 1.82) is 0 Å². The maximum Gasteiger partial charge on any atom is 0.261 e. The summed E-state index contributed by atoms with van der Waals surface area (Å²) < 4.78 is 53.8. The Morgan fingerprint density at radius 2 is 1.54 bits per heavy atom. The third-order valence-electron chi connectivity index (χ3n) is 4.20. The molecule has 3 rings (SSSR count). The minimum absolute atomic E-state index is 0.0349. The zero-order chi connectivity index (χ0) is 18.8. The number of rotatable bonds is 6. The Morgan fingerprint density at radius 3 is 2.15 bits per heavy atom. The number of aliphatic hydroxyl groups is 1. The van der Waals surface area contributed by atoms with Gasteiger partial charge >= 0.3 is 0 Å². The van der Waals surface area contributed by atoms with Gasteiger partial charge in [0, 0.05) is 18.8 Å². The van der Waals surface area contributed by atoms with Crippen molar-refractivity contribution in [1.82, 2.24) is 4.31 Å². The molecule has 2 N–H and O–H groups in total. The van der Waals surface area contributed by atoms with Crippen molar-refractivity contribution in [3.8, 4) is 0 Å². The number of nitrogens with one attached hydrogen (secondary N) is 1. The highest BCUT2D eigenvalue weighted by Gasteiger charge is 2.27. The van der Waals surface area contributed by atoms with Gasteiger partial charge in [-0.05, 0) is 54.8 Å². The molecule has 0 amide bonds. The van der Waals surface area contributed by atoms with Crippen molar-refractivity contribution in [2.75, 3.05) is 17.8 Å². The van der Waals surface area contributed by atoms with Gasteiger partial charge in [0.2, 0.25) is 10.0 Å². The molecule has 1 heterocycles. The molecule has 0 spiro atoms. The second kappa shape index (κ2) is 7.36. The predicted octanol–water partition coefficient (Wildman–Crippen LogP) is 1.76. The van der Waals surface area contributed by atoms with Gasteiger partial charge < -0.3 is 5.11 Å². The van der Waals surface area contributed by atoms with Crippen LogP contribution in [0, 0.1) is 0 Å². The molecule has 1 aliphatic rings. The van der Waals surface area contributed by atoms with Gasteiger partial charge in [-0.2, -0.15) is 4.31 Å². The van der Waals surface area contributed by atoms with Crippen LogP contribution < -0.4 is 4.72 Å². The summed E-state index contributed by atoms with van der Waals surface area (Å²) in [7, 11) is -7.44. The van der Waals surface area contributed by atoms with Crippen LogP contribution in [0.25, 0.3) is 0 Å². The van der Waals surface area contributed by atoms with Gasteiger partial charge in [-0.15, -0.1) is 0 Å². The Labute approximate surface area is 153 Å². The summed E-state index contributed by atoms with van der Waals surface area (Å²) in [5.41, 5.74) is 0.905. The topological polar surface area (TPSA) is 104 Å². The Hall–Kier alpha value is -1.94. The van der Waals surface area contributed by atoms with E-state index in [1.54, 1.807) is 18.2 Å². The lowest BCUT2D eigenvalue weighted by Gasteiger charge is -2.15. The van der Waals surface area contributed by atoms with Crippen molar-refractivity contribution in [2.24, 2.45) is 0 Å². The Balaban J connectivity index is 1.82. The van der Waals surface area contributed by atoms with E-state index < -0.39 is 20.0 Å². The zero-order valence-electron chi connectivity index (χ0n) is 14.0. The Morgan fingerprint density at radius 1 is 0.923 bits per heavy atom. The highest BCUT2D eigenvalue weighted by atomic mass is 32.2. The summed E-state index contributed by atoms with van der Waals surface area (Å²) in [6.07, 6.45) is 1.67. The van der Waals surface area contributed by atoms with Crippen LogP contribution in [0.5, 0.6) is 0 Å². The van der Waals surface area contributed by atoms with E-state index in [9.17, 15) is 16.8 Å². The third kappa shape index (κ3) is 3.90. The highest BCUT2D eigenvalue weighted by molar-refractivity contribution is 7.92. The fourth-order valence-electron chi connectivity index (χ4n) is 2.82. The first-order valence-corrected chi connectivity index (χ1v) is 11.1. The lowest BCUT2D eigenvalue weighted by Crippen LogP contribution is -2.27. The van der Waals surface area contributed by atoms with Crippen LogP contribution in [0.2, 0.25) is 0 Å². The van der Waals surface area contributed by atoms with Gasteiger partial charge in [0.05, 0.1) is 16.4 Å². The van der Waals surface area contributed by atoms with Gasteiger partial charge in [0.15, 0.2) is 0 Å². The molecule has 26 heavy (non-hydrogen) atoms. The predicted molar refractivity (Wildman–Crippen MR) is 97.6 cm³/mol. The van der Waals surface area contributed by atoms with Crippen LogP contribution in [-0.4, -0.2) is 39.3 Å². The summed E-state index contributed by atoms with van der Waals surface area (Å²) in [4.78, 5) is 0.0490. The lowest BCUT2D eigenvalue weighted by atomic mass is 10.2. The van der Waals surface area contributed by atoms with Crippen molar-refractivity contribution in [3.63, 3.8) is 0 Å².